The van der Waals surface area contributed by atoms with Crippen LogP contribution in [0, 0.1) is 12.8 Å². The number of hydrogen-bond acceptors (Lipinski definition) is 4. The molecule has 1 atom stereocenters. The molecule has 0 N–H and O–H groups in total. The molecule has 1 aliphatic heterocycles. The number of ether oxygens (including phenoxy) is 1. The van der Waals surface area contributed by atoms with Gasteiger partial charge in [-0.05, 0) is 56.3 Å². The number of fused-ring (bicyclic) bond motifs is 1. The van der Waals surface area contributed by atoms with Gasteiger partial charge in [0.25, 0.3) is 0 Å². The second kappa shape index (κ2) is 9.65. The third-order valence-corrected chi connectivity index (χ3v) is 6.55. The lowest BCUT2D eigenvalue weighted by atomic mass is 10.00. The van der Waals surface area contributed by atoms with E-state index in [1.54, 1.807) is 16.2 Å². The smallest absolute Gasteiger partial charge is 0.242 e. The summed E-state index contributed by atoms with van der Waals surface area (Å²) < 4.78 is 6.08. The van der Waals surface area contributed by atoms with Crippen molar-refractivity contribution in [3.05, 3.63) is 51.7 Å². The molecule has 2 amide bonds. The van der Waals surface area contributed by atoms with Gasteiger partial charge in [0.15, 0.2) is 0 Å². The van der Waals surface area contributed by atoms with Crippen LogP contribution in [-0.2, 0) is 16.0 Å². The van der Waals surface area contributed by atoms with Gasteiger partial charge in [-0.25, -0.2) is 0 Å². The molecule has 0 radical (unpaired) electrons. The number of rotatable bonds is 7. The molecule has 162 valence electrons. The zero-order valence-corrected chi connectivity index (χ0v) is 19.4. The molecule has 2 aromatic rings. The summed E-state index contributed by atoms with van der Waals surface area (Å²) in [6.07, 6.45) is 0.847. The maximum atomic E-state index is 13.3. The topological polar surface area (TPSA) is 49.9 Å². The highest BCUT2D eigenvalue weighted by Crippen LogP contribution is 2.34. The van der Waals surface area contributed by atoms with Crippen LogP contribution < -0.4 is 4.74 Å². The zero-order valence-electron chi connectivity index (χ0n) is 18.6. The molecule has 1 aromatic carbocycles. The summed E-state index contributed by atoms with van der Waals surface area (Å²) in [6.45, 7) is 10.9. The minimum Gasteiger partial charge on any atom is -0.491 e. The highest BCUT2D eigenvalue weighted by molar-refractivity contribution is 7.10. The first-order valence-corrected chi connectivity index (χ1v) is 11.5. The third-order valence-electron chi connectivity index (χ3n) is 5.55. The molecule has 2 heterocycles. The van der Waals surface area contributed by atoms with Crippen LogP contribution in [0.3, 0.4) is 0 Å². The number of benzene rings is 1. The Kier molecular flexibility index (Phi) is 7.19. The molecule has 30 heavy (non-hydrogen) atoms. The second-order valence-electron chi connectivity index (χ2n) is 8.49. The van der Waals surface area contributed by atoms with Crippen molar-refractivity contribution in [1.29, 1.82) is 0 Å². The minimum absolute atomic E-state index is 0.0130. The van der Waals surface area contributed by atoms with Crippen molar-refractivity contribution in [3.8, 4) is 5.75 Å². The van der Waals surface area contributed by atoms with Gasteiger partial charge in [0.2, 0.25) is 11.8 Å². The highest BCUT2D eigenvalue weighted by atomic mass is 32.1. The maximum absolute atomic E-state index is 13.3. The van der Waals surface area contributed by atoms with E-state index in [2.05, 4.69) is 11.4 Å². The number of amides is 2. The van der Waals surface area contributed by atoms with Crippen molar-refractivity contribution < 1.29 is 14.3 Å². The Morgan fingerprint density at radius 2 is 1.87 bits per heavy atom. The standard InChI is InChI=1S/C24H32N2O3S/c1-16(2)24(28)26(17(3)4)14-23(27)25-12-10-22-20(11-13-30-22)21(25)15-29-19-8-6-18(5)7-9-19/h6-9,11,13,16-17,21H,10,12,14-15H2,1-5H3. The first-order chi connectivity index (χ1) is 14.3. The first kappa shape index (κ1) is 22.3. The van der Waals surface area contributed by atoms with Gasteiger partial charge in [-0.1, -0.05) is 31.5 Å². The van der Waals surface area contributed by atoms with E-state index in [-0.39, 0.29) is 36.4 Å². The Hall–Kier alpha value is -2.34. The molecule has 0 saturated heterocycles. The number of nitrogens with zero attached hydrogens (tertiary/aromatic N) is 2. The molecule has 0 spiro atoms. The number of aryl methyl sites for hydroxylation is 1. The predicted octanol–water partition coefficient (Wildman–Crippen LogP) is 4.45. The summed E-state index contributed by atoms with van der Waals surface area (Å²) in [7, 11) is 0. The van der Waals surface area contributed by atoms with Crippen molar-refractivity contribution in [1.82, 2.24) is 9.80 Å². The van der Waals surface area contributed by atoms with Crippen LogP contribution >= 0.6 is 11.3 Å². The fourth-order valence-electron chi connectivity index (χ4n) is 3.77. The van der Waals surface area contributed by atoms with Crippen molar-refractivity contribution in [3.63, 3.8) is 0 Å². The van der Waals surface area contributed by atoms with Crippen LogP contribution in [0.15, 0.2) is 35.7 Å². The van der Waals surface area contributed by atoms with E-state index in [1.807, 2.05) is 63.8 Å². The Bertz CT molecular complexity index is 873. The largest absolute Gasteiger partial charge is 0.491 e. The average Bonchev–Trinajstić information content (AvgIpc) is 3.19. The predicted molar refractivity (Wildman–Crippen MR) is 121 cm³/mol. The SMILES string of the molecule is Cc1ccc(OCC2c3ccsc3CCN2C(=O)CN(C(=O)C(C)C)C(C)C)cc1. The van der Waals surface area contributed by atoms with Gasteiger partial charge < -0.3 is 14.5 Å². The van der Waals surface area contributed by atoms with Gasteiger partial charge in [-0.3, -0.25) is 9.59 Å². The Morgan fingerprint density at radius 1 is 1.17 bits per heavy atom. The van der Waals surface area contributed by atoms with Gasteiger partial charge in [0, 0.05) is 23.4 Å². The maximum Gasteiger partial charge on any atom is 0.242 e. The molecule has 0 saturated carbocycles. The number of thiophene rings is 1. The van der Waals surface area contributed by atoms with Crippen molar-refractivity contribution in [2.45, 2.75) is 53.1 Å². The van der Waals surface area contributed by atoms with Crippen molar-refractivity contribution in [2.24, 2.45) is 5.92 Å². The monoisotopic (exact) mass is 428 g/mol. The Balaban J connectivity index is 1.78. The lowest BCUT2D eigenvalue weighted by Crippen LogP contribution is -2.50. The molecule has 1 aromatic heterocycles. The summed E-state index contributed by atoms with van der Waals surface area (Å²) in [5.74, 6) is 0.658. The van der Waals surface area contributed by atoms with E-state index >= 15 is 0 Å². The summed E-state index contributed by atoms with van der Waals surface area (Å²) in [5.41, 5.74) is 2.35. The highest BCUT2D eigenvalue weighted by Gasteiger charge is 2.34. The van der Waals surface area contributed by atoms with Gasteiger partial charge in [-0.15, -0.1) is 11.3 Å². The average molecular weight is 429 g/mol. The van der Waals surface area contributed by atoms with Gasteiger partial charge in [0.05, 0.1) is 6.04 Å². The fourth-order valence-corrected chi connectivity index (χ4v) is 4.70. The van der Waals surface area contributed by atoms with Crippen LogP contribution in [0.2, 0.25) is 0 Å². The molecule has 3 rings (SSSR count). The lowest BCUT2D eigenvalue weighted by molar-refractivity contribution is -0.145. The van der Waals surface area contributed by atoms with E-state index < -0.39 is 0 Å². The van der Waals surface area contributed by atoms with Crippen LogP contribution in [0.1, 0.15) is 49.7 Å². The number of carbonyl (C=O) groups excluding carboxylic acids is 2. The van der Waals surface area contributed by atoms with E-state index in [1.165, 1.54) is 10.4 Å². The Labute approximate surface area is 183 Å². The normalized spacial score (nSPS) is 16.0. The fraction of sp³-hybridized carbons (Fsp3) is 0.500. The molecular weight excluding hydrogens is 396 g/mol. The molecule has 0 bridgehead atoms. The van der Waals surface area contributed by atoms with Gasteiger partial charge >= 0.3 is 0 Å². The summed E-state index contributed by atoms with van der Waals surface area (Å²) in [4.78, 5) is 30.8. The summed E-state index contributed by atoms with van der Waals surface area (Å²) in [6, 6.07) is 9.90. The van der Waals surface area contributed by atoms with Crippen molar-refractivity contribution in [2.75, 3.05) is 19.7 Å². The van der Waals surface area contributed by atoms with E-state index in [0.29, 0.717) is 13.2 Å². The first-order valence-electron chi connectivity index (χ1n) is 10.6. The van der Waals surface area contributed by atoms with E-state index in [0.717, 1.165) is 17.7 Å². The van der Waals surface area contributed by atoms with Gasteiger partial charge in [-0.2, -0.15) is 0 Å². The third kappa shape index (κ3) is 5.04. The van der Waals surface area contributed by atoms with Crippen LogP contribution in [-0.4, -0.2) is 47.4 Å². The Morgan fingerprint density at radius 3 is 2.50 bits per heavy atom. The minimum atomic E-state index is -0.142. The van der Waals surface area contributed by atoms with Crippen LogP contribution in [0.5, 0.6) is 5.75 Å². The molecule has 1 aliphatic rings. The molecule has 6 heteroatoms. The van der Waals surface area contributed by atoms with Crippen molar-refractivity contribution >= 4 is 23.2 Å². The molecular formula is C24H32N2O3S. The molecule has 0 aliphatic carbocycles. The molecule has 0 fully saturated rings. The lowest BCUT2D eigenvalue weighted by Gasteiger charge is -2.38. The molecule has 5 nitrogen and oxygen atoms in total. The van der Waals surface area contributed by atoms with Crippen LogP contribution in [0.4, 0.5) is 0 Å². The number of hydrogen-bond donors (Lipinski definition) is 0. The quantitative estimate of drug-likeness (QED) is 0.654. The zero-order chi connectivity index (χ0) is 21.8. The van der Waals surface area contributed by atoms with E-state index in [9.17, 15) is 9.59 Å². The number of carbonyl (C=O) groups is 2. The summed E-state index contributed by atoms with van der Waals surface area (Å²) >= 11 is 1.74. The van der Waals surface area contributed by atoms with E-state index in [4.69, 9.17) is 4.74 Å². The summed E-state index contributed by atoms with van der Waals surface area (Å²) in [5, 5.41) is 2.08. The molecule has 1 unspecified atom stereocenters. The van der Waals surface area contributed by atoms with Gasteiger partial charge in [0.1, 0.15) is 18.9 Å². The second-order valence-corrected chi connectivity index (χ2v) is 9.49. The van der Waals surface area contributed by atoms with Crippen LogP contribution in [0.25, 0.3) is 0 Å².